The van der Waals surface area contributed by atoms with Crippen LogP contribution in [0.25, 0.3) is 0 Å². The van der Waals surface area contributed by atoms with Gasteiger partial charge in [0.15, 0.2) is 0 Å². The fourth-order valence-corrected chi connectivity index (χ4v) is 2.17. The van der Waals surface area contributed by atoms with Gasteiger partial charge < -0.3 is 15.4 Å². The number of carbonyl (C=O) groups excluding carboxylic acids is 1. The second-order valence-corrected chi connectivity index (χ2v) is 5.30. The molecular weight excluding hydrogens is 331 g/mol. The summed E-state index contributed by atoms with van der Waals surface area (Å²) in [6, 6.07) is 14.5. The number of ether oxygens (including phenoxy) is 1. The Hall–Kier alpha value is -2.11. The van der Waals surface area contributed by atoms with Crippen molar-refractivity contribution in [3.8, 4) is 5.75 Å². The van der Waals surface area contributed by atoms with Crippen LogP contribution in [-0.4, -0.2) is 31.0 Å². The Balaban J connectivity index is 0.00000288. The second kappa shape index (κ2) is 9.90. The van der Waals surface area contributed by atoms with E-state index in [4.69, 9.17) is 10.5 Å². The Kier molecular flexibility index (Phi) is 8.22. The maximum Gasteiger partial charge on any atom is 0.243 e. The smallest absolute Gasteiger partial charge is 0.243 e. The molecule has 0 aliphatic heterocycles. The standard InChI is InChI=1S/C18H21FN2O2.ClH/c1-21(18(22)17(20)14-6-3-2-4-7-14)12-5-13-23-16-10-8-15(19)9-11-16;/h2-4,6-11,17H,5,12-13,20H2,1H3;1H. The second-order valence-electron chi connectivity index (χ2n) is 5.30. The SMILES string of the molecule is CN(CCCOc1ccc(F)cc1)C(=O)C(N)c1ccccc1.Cl. The minimum absolute atomic E-state index is 0. The molecule has 24 heavy (non-hydrogen) atoms. The van der Waals surface area contributed by atoms with Gasteiger partial charge >= 0.3 is 0 Å². The maximum absolute atomic E-state index is 12.8. The molecule has 0 spiro atoms. The molecule has 0 bridgehead atoms. The van der Waals surface area contributed by atoms with Gasteiger partial charge in [-0.1, -0.05) is 30.3 Å². The van der Waals surface area contributed by atoms with Gasteiger partial charge in [-0.05, 0) is 36.2 Å². The zero-order valence-corrected chi connectivity index (χ0v) is 14.3. The topological polar surface area (TPSA) is 55.6 Å². The first-order valence-corrected chi connectivity index (χ1v) is 7.52. The third-order valence-corrected chi connectivity index (χ3v) is 3.52. The summed E-state index contributed by atoms with van der Waals surface area (Å²) in [5, 5.41) is 0. The summed E-state index contributed by atoms with van der Waals surface area (Å²) in [4.78, 5) is 13.9. The van der Waals surface area contributed by atoms with Gasteiger partial charge in [-0.2, -0.15) is 0 Å². The molecular formula is C18H22ClFN2O2. The lowest BCUT2D eigenvalue weighted by Crippen LogP contribution is -2.36. The first-order valence-electron chi connectivity index (χ1n) is 7.52. The number of hydrogen-bond donors (Lipinski definition) is 1. The van der Waals surface area contributed by atoms with Gasteiger partial charge in [-0.3, -0.25) is 4.79 Å². The van der Waals surface area contributed by atoms with E-state index < -0.39 is 6.04 Å². The van der Waals surface area contributed by atoms with E-state index in [0.29, 0.717) is 25.3 Å². The number of nitrogens with zero attached hydrogens (tertiary/aromatic N) is 1. The Morgan fingerprint density at radius 2 is 1.79 bits per heavy atom. The molecule has 130 valence electrons. The van der Waals surface area contributed by atoms with Crippen LogP contribution in [0.3, 0.4) is 0 Å². The van der Waals surface area contributed by atoms with Crippen molar-refractivity contribution in [3.05, 3.63) is 66.0 Å². The molecule has 4 nitrogen and oxygen atoms in total. The molecule has 0 heterocycles. The number of likely N-dealkylation sites (N-methyl/N-ethyl adjacent to an activating group) is 1. The van der Waals surface area contributed by atoms with E-state index in [1.165, 1.54) is 12.1 Å². The molecule has 0 aliphatic carbocycles. The lowest BCUT2D eigenvalue weighted by Gasteiger charge is -2.21. The van der Waals surface area contributed by atoms with Crippen LogP contribution in [0, 0.1) is 5.82 Å². The van der Waals surface area contributed by atoms with Crippen LogP contribution in [0.4, 0.5) is 4.39 Å². The predicted molar refractivity (Wildman–Crippen MR) is 94.8 cm³/mol. The summed E-state index contributed by atoms with van der Waals surface area (Å²) in [6.07, 6.45) is 0.668. The maximum atomic E-state index is 12.8. The molecule has 0 fully saturated rings. The summed E-state index contributed by atoms with van der Waals surface area (Å²) < 4.78 is 18.3. The monoisotopic (exact) mass is 352 g/mol. The quantitative estimate of drug-likeness (QED) is 0.779. The van der Waals surface area contributed by atoms with Gasteiger partial charge in [-0.15, -0.1) is 12.4 Å². The first-order chi connectivity index (χ1) is 11.1. The van der Waals surface area contributed by atoms with E-state index in [1.807, 2.05) is 30.3 Å². The minimum Gasteiger partial charge on any atom is -0.494 e. The number of nitrogens with two attached hydrogens (primary N) is 1. The number of carbonyl (C=O) groups is 1. The Bertz CT molecular complexity index is 623. The van der Waals surface area contributed by atoms with Crippen molar-refractivity contribution in [2.75, 3.05) is 20.2 Å². The van der Waals surface area contributed by atoms with E-state index >= 15 is 0 Å². The van der Waals surface area contributed by atoms with E-state index in [2.05, 4.69) is 0 Å². The highest BCUT2D eigenvalue weighted by atomic mass is 35.5. The molecule has 2 rings (SSSR count). The van der Waals surface area contributed by atoms with Crippen molar-refractivity contribution in [3.63, 3.8) is 0 Å². The van der Waals surface area contributed by atoms with E-state index in [-0.39, 0.29) is 24.1 Å². The van der Waals surface area contributed by atoms with Crippen molar-refractivity contribution in [2.24, 2.45) is 5.73 Å². The zero-order valence-electron chi connectivity index (χ0n) is 13.5. The van der Waals surface area contributed by atoms with Crippen LogP contribution in [0.15, 0.2) is 54.6 Å². The van der Waals surface area contributed by atoms with Crippen LogP contribution in [0.2, 0.25) is 0 Å². The molecule has 0 saturated carbocycles. The van der Waals surface area contributed by atoms with Gasteiger partial charge in [0.2, 0.25) is 5.91 Å². The molecule has 0 aromatic heterocycles. The van der Waals surface area contributed by atoms with E-state index in [0.717, 1.165) is 5.56 Å². The highest BCUT2D eigenvalue weighted by Crippen LogP contribution is 2.13. The fraction of sp³-hybridized carbons (Fsp3) is 0.278. The average Bonchev–Trinajstić information content (AvgIpc) is 2.59. The minimum atomic E-state index is -0.654. The molecule has 0 aliphatic rings. The number of rotatable bonds is 7. The van der Waals surface area contributed by atoms with Crippen molar-refractivity contribution in [1.82, 2.24) is 4.90 Å². The lowest BCUT2D eigenvalue weighted by atomic mass is 10.1. The van der Waals surface area contributed by atoms with Crippen LogP contribution in [0.5, 0.6) is 5.75 Å². The molecule has 2 N–H and O–H groups in total. The van der Waals surface area contributed by atoms with Crippen LogP contribution >= 0.6 is 12.4 Å². The van der Waals surface area contributed by atoms with E-state index in [9.17, 15) is 9.18 Å². The van der Waals surface area contributed by atoms with Crippen molar-refractivity contribution >= 4 is 18.3 Å². The molecule has 1 amide bonds. The van der Waals surface area contributed by atoms with Crippen molar-refractivity contribution in [1.29, 1.82) is 0 Å². The Morgan fingerprint density at radius 3 is 2.42 bits per heavy atom. The molecule has 6 heteroatoms. The third-order valence-electron chi connectivity index (χ3n) is 3.52. The van der Waals surface area contributed by atoms with Crippen LogP contribution < -0.4 is 10.5 Å². The number of hydrogen-bond acceptors (Lipinski definition) is 3. The fourth-order valence-electron chi connectivity index (χ4n) is 2.17. The number of halogens is 2. The summed E-state index contributed by atoms with van der Waals surface area (Å²) in [6.45, 7) is 0.990. The molecule has 0 radical (unpaired) electrons. The normalized spacial score (nSPS) is 11.3. The average molecular weight is 353 g/mol. The Labute approximate surface area is 147 Å². The van der Waals surface area contributed by atoms with Gasteiger partial charge in [-0.25, -0.2) is 4.39 Å². The van der Waals surface area contributed by atoms with Gasteiger partial charge in [0.1, 0.15) is 17.6 Å². The van der Waals surface area contributed by atoms with Crippen molar-refractivity contribution in [2.45, 2.75) is 12.5 Å². The number of amides is 1. The Morgan fingerprint density at radius 1 is 1.17 bits per heavy atom. The summed E-state index contributed by atoms with van der Waals surface area (Å²) in [5.74, 6) is 0.192. The third kappa shape index (κ3) is 5.83. The molecule has 1 unspecified atom stereocenters. The summed E-state index contributed by atoms with van der Waals surface area (Å²) in [5.41, 5.74) is 6.79. The lowest BCUT2D eigenvalue weighted by molar-refractivity contribution is -0.131. The highest BCUT2D eigenvalue weighted by Gasteiger charge is 2.19. The summed E-state index contributed by atoms with van der Waals surface area (Å²) >= 11 is 0. The summed E-state index contributed by atoms with van der Waals surface area (Å²) in [7, 11) is 1.73. The van der Waals surface area contributed by atoms with Gasteiger partial charge in [0.05, 0.1) is 6.61 Å². The highest BCUT2D eigenvalue weighted by molar-refractivity contribution is 5.85. The van der Waals surface area contributed by atoms with Crippen LogP contribution in [0.1, 0.15) is 18.0 Å². The predicted octanol–water partition coefficient (Wildman–Crippen LogP) is 3.17. The largest absolute Gasteiger partial charge is 0.494 e. The first kappa shape index (κ1) is 19.9. The zero-order chi connectivity index (χ0) is 16.7. The van der Waals surface area contributed by atoms with Gasteiger partial charge in [0.25, 0.3) is 0 Å². The van der Waals surface area contributed by atoms with E-state index in [1.54, 1.807) is 24.1 Å². The van der Waals surface area contributed by atoms with Gasteiger partial charge in [0, 0.05) is 13.6 Å². The van der Waals surface area contributed by atoms with Crippen molar-refractivity contribution < 1.29 is 13.9 Å². The van der Waals surface area contributed by atoms with Crippen LogP contribution in [-0.2, 0) is 4.79 Å². The molecule has 1 atom stereocenters. The number of benzene rings is 2. The molecule has 2 aromatic rings. The molecule has 0 saturated heterocycles. The molecule has 2 aromatic carbocycles.